The first kappa shape index (κ1) is 14.7. The van der Waals surface area contributed by atoms with Crippen molar-refractivity contribution in [2.24, 2.45) is 0 Å². The molecule has 0 aliphatic carbocycles. The zero-order valence-electron chi connectivity index (χ0n) is 12.7. The van der Waals surface area contributed by atoms with Crippen LogP contribution in [0.15, 0.2) is 30.3 Å². The van der Waals surface area contributed by atoms with Crippen molar-refractivity contribution in [1.29, 1.82) is 0 Å². The molecule has 0 bridgehead atoms. The number of aromatic nitrogens is 1. The second-order valence-electron chi connectivity index (χ2n) is 5.36. The minimum atomic E-state index is 0.629. The quantitative estimate of drug-likeness (QED) is 0.697. The molecule has 4 heteroatoms. The zero-order valence-corrected chi connectivity index (χ0v) is 13.4. The van der Waals surface area contributed by atoms with E-state index < -0.39 is 0 Å². The van der Waals surface area contributed by atoms with E-state index in [1.165, 1.54) is 0 Å². The summed E-state index contributed by atoms with van der Waals surface area (Å²) in [5.74, 6) is 0.826. The van der Waals surface area contributed by atoms with Crippen LogP contribution >= 0.6 is 11.6 Å². The van der Waals surface area contributed by atoms with Crippen molar-refractivity contribution in [3.8, 4) is 17.0 Å². The summed E-state index contributed by atoms with van der Waals surface area (Å²) >= 11 is 6.13. The number of aldehydes is 1. The number of aromatic amines is 1. The lowest BCUT2D eigenvalue weighted by atomic mass is 10.0. The van der Waals surface area contributed by atoms with Crippen molar-refractivity contribution in [2.75, 3.05) is 7.11 Å². The summed E-state index contributed by atoms with van der Waals surface area (Å²) in [4.78, 5) is 15.0. The zero-order chi connectivity index (χ0) is 15.9. The standard InChI is InChI=1S/C18H16ClNO2/c1-10-6-12(4-5-16(10)22-3)18-15(9-21)14-8-13(19)7-11(2)17(14)20-18/h4-9,20H,1-3H3. The van der Waals surface area contributed by atoms with Crippen LogP contribution in [0, 0.1) is 13.8 Å². The summed E-state index contributed by atoms with van der Waals surface area (Å²) in [6.07, 6.45) is 0.878. The Balaban J connectivity index is 2.29. The number of hydrogen-bond donors (Lipinski definition) is 1. The number of ether oxygens (including phenoxy) is 1. The Morgan fingerprint density at radius 3 is 2.55 bits per heavy atom. The third-order valence-electron chi connectivity index (χ3n) is 3.91. The fourth-order valence-electron chi connectivity index (χ4n) is 2.83. The molecule has 112 valence electrons. The molecule has 0 saturated carbocycles. The van der Waals surface area contributed by atoms with E-state index >= 15 is 0 Å². The van der Waals surface area contributed by atoms with E-state index in [9.17, 15) is 4.79 Å². The van der Waals surface area contributed by atoms with E-state index in [2.05, 4.69) is 4.98 Å². The van der Waals surface area contributed by atoms with Gasteiger partial charge in [-0.2, -0.15) is 0 Å². The molecule has 2 aromatic carbocycles. The maximum Gasteiger partial charge on any atom is 0.152 e. The fourth-order valence-corrected chi connectivity index (χ4v) is 3.11. The number of H-pyrrole nitrogens is 1. The average Bonchev–Trinajstić information content (AvgIpc) is 2.85. The Kier molecular flexibility index (Phi) is 3.67. The van der Waals surface area contributed by atoms with Gasteiger partial charge in [-0.05, 0) is 60.9 Å². The van der Waals surface area contributed by atoms with Gasteiger partial charge in [-0.3, -0.25) is 4.79 Å². The molecule has 0 unspecified atom stereocenters. The monoisotopic (exact) mass is 313 g/mol. The van der Waals surface area contributed by atoms with Crippen LogP contribution in [-0.4, -0.2) is 18.4 Å². The number of hydrogen-bond acceptors (Lipinski definition) is 2. The van der Waals surface area contributed by atoms with Crippen molar-refractivity contribution < 1.29 is 9.53 Å². The smallest absolute Gasteiger partial charge is 0.152 e. The summed E-state index contributed by atoms with van der Waals surface area (Å²) in [7, 11) is 1.65. The lowest BCUT2D eigenvalue weighted by Crippen LogP contribution is -1.89. The largest absolute Gasteiger partial charge is 0.496 e. The minimum absolute atomic E-state index is 0.629. The molecule has 0 spiro atoms. The molecule has 1 heterocycles. The van der Waals surface area contributed by atoms with Crippen LogP contribution in [0.1, 0.15) is 21.5 Å². The van der Waals surface area contributed by atoms with Gasteiger partial charge in [0.1, 0.15) is 5.75 Å². The molecule has 0 aliphatic rings. The van der Waals surface area contributed by atoms with E-state index in [4.69, 9.17) is 16.3 Å². The predicted octanol–water partition coefficient (Wildman–Crippen LogP) is 4.93. The second-order valence-corrected chi connectivity index (χ2v) is 5.80. The van der Waals surface area contributed by atoms with Crippen LogP contribution in [-0.2, 0) is 0 Å². The number of nitrogens with one attached hydrogen (secondary N) is 1. The minimum Gasteiger partial charge on any atom is -0.496 e. The highest BCUT2D eigenvalue weighted by Crippen LogP contribution is 2.34. The fraction of sp³-hybridized carbons (Fsp3) is 0.167. The predicted molar refractivity (Wildman–Crippen MR) is 90.2 cm³/mol. The number of carbonyl (C=O) groups excluding carboxylic acids is 1. The van der Waals surface area contributed by atoms with Gasteiger partial charge in [-0.1, -0.05) is 11.6 Å². The molecule has 0 aliphatic heterocycles. The molecule has 3 aromatic rings. The highest BCUT2D eigenvalue weighted by Gasteiger charge is 2.15. The summed E-state index contributed by atoms with van der Waals surface area (Å²) in [6, 6.07) is 9.57. The Bertz CT molecular complexity index is 880. The van der Waals surface area contributed by atoms with Gasteiger partial charge >= 0.3 is 0 Å². The average molecular weight is 314 g/mol. The van der Waals surface area contributed by atoms with Crippen LogP contribution in [0.5, 0.6) is 5.75 Å². The molecule has 3 nitrogen and oxygen atoms in total. The number of carbonyl (C=O) groups is 1. The van der Waals surface area contributed by atoms with Gasteiger partial charge in [0.2, 0.25) is 0 Å². The van der Waals surface area contributed by atoms with Crippen LogP contribution in [0.4, 0.5) is 0 Å². The molecular weight excluding hydrogens is 298 g/mol. The summed E-state index contributed by atoms with van der Waals surface area (Å²) in [5.41, 5.74) is 5.36. The van der Waals surface area contributed by atoms with Crippen LogP contribution in [0.25, 0.3) is 22.2 Å². The van der Waals surface area contributed by atoms with Gasteiger partial charge in [0, 0.05) is 21.5 Å². The highest BCUT2D eigenvalue weighted by molar-refractivity contribution is 6.31. The van der Waals surface area contributed by atoms with Crippen molar-refractivity contribution in [3.63, 3.8) is 0 Å². The molecule has 1 aromatic heterocycles. The van der Waals surface area contributed by atoms with Gasteiger partial charge in [0.05, 0.1) is 12.8 Å². The van der Waals surface area contributed by atoms with Crippen LogP contribution < -0.4 is 4.74 Å². The third kappa shape index (κ3) is 2.28. The highest BCUT2D eigenvalue weighted by atomic mass is 35.5. The van der Waals surface area contributed by atoms with Crippen molar-refractivity contribution in [3.05, 3.63) is 52.0 Å². The topological polar surface area (TPSA) is 42.1 Å². The summed E-state index contributed by atoms with van der Waals surface area (Å²) in [6.45, 7) is 3.95. The van der Waals surface area contributed by atoms with Crippen LogP contribution in [0.2, 0.25) is 5.02 Å². The maximum atomic E-state index is 11.6. The van der Waals surface area contributed by atoms with Gasteiger partial charge < -0.3 is 9.72 Å². The first-order chi connectivity index (χ1) is 10.5. The maximum absolute atomic E-state index is 11.6. The molecule has 22 heavy (non-hydrogen) atoms. The van der Waals surface area contributed by atoms with Crippen molar-refractivity contribution in [1.82, 2.24) is 4.98 Å². The Hall–Kier alpha value is -2.26. The molecule has 0 saturated heterocycles. The van der Waals surface area contributed by atoms with E-state index in [0.29, 0.717) is 10.6 Å². The molecule has 3 rings (SSSR count). The number of rotatable bonds is 3. The van der Waals surface area contributed by atoms with E-state index in [-0.39, 0.29) is 0 Å². The van der Waals surface area contributed by atoms with Gasteiger partial charge in [-0.25, -0.2) is 0 Å². The van der Waals surface area contributed by atoms with Gasteiger partial charge in [0.15, 0.2) is 6.29 Å². The first-order valence-corrected chi connectivity index (χ1v) is 7.35. The first-order valence-electron chi connectivity index (χ1n) is 6.97. The Morgan fingerprint density at radius 1 is 1.14 bits per heavy atom. The van der Waals surface area contributed by atoms with Crippen molar-refractivity contribution in [2.45, 2.75) is 13.8 Å². The number of halogens is 1. The lowest BCUT2D eigenvalue weighted by Gasteiger charge is -2.07. The number of methoxy groups -OCH3 is 1. The molecular formula is C18H16ClNO2. The Labute approximate surface area is 133 Å². The number of benzene rings is 2. The van der Waals surface area contributed by atoms with E-state index in [1.807, 2.05) is 44.2 Å². The number of aryl methyl sites for hydroxylation is 2. The molecule has 0 fully saturated rings. The van der Waals surface area contributed by atoms with Gasteiger partial charge in [-0.15, -0.1) is 0 Å². The van der Waals surface area contributed by atoms with E-state index in [1.54, 1.807) is 7.11 Å². The second kappa shape index (κ2) is 5.50. The lowest BCUT2D eigenvalue weighted by molar-refractivity contribution is 0.112. The van der Waals surface area contributed by atoms with Crippen molar-refractivity contribution >= 4 is 28.8 Å². The normalized spacial score (nSPS) is 10.9. The SMILES string of the molecule is COc1ccc(-c2[nH]c3c(C)cc(Cl)cc3c2C=O)cc1C. The molecule has 1 N–H and O–H groups in total. The number of fused-ring (bicyclic) bond motifs is 1. The van der Waals surface area contributed by atoms with Crippen LogP contribution in [0.3, 0.4) is 0 Å². The summed E-state index contributed by atoms with van der Waals surface area (Å²) in [5, 5.41) is 1.48. The van der Waals surface area contributed by atoms with E-state index in [0.717, 1.165) is 45.3 Å². The molecule has 0 radical (unpaired) electrons. The Morgan fingerprint density at radius 2 is 1.91 bits per heavy atom. The van der Waals surface area contributed by atoms with Gasteiger partial charge in [0.25, 0.3) is 0 Å². The molecule has 0 atom stereocenters. The third-order valence-corrected chi connectivity index (χ3v) is 4.13. The molecule has 0 amide bonds. The summed E-state index contributed by atoms with van der Waals surface area (Å²) < 4.78 is 5.29.